The molecule has 0 aliphatic carbocycles. The third-order valence-electron chi connectivity index (χ3n) is 4.03. The average Bonchev–Trinajstić information content (AvgIpc) is 3.28. The summed E-state index contributed by atoms with van der Waals surface area (Å²) in [6.07, 6.45) is -1.33. The number of carboxylic acids is 5. The van der Waals surface area contributed by atoms with Crippen molar-refractivity contribution in [1.29, 1.82) is 0 Å². The molecular formula is C23H45NO14. The molecule has 1 heterocycles. The molecule has 0 amide bonds. The zero-order chi connectivity index (χ0) is 31.0. The van der Waals surface area contributed by atoms with Crippen LogP contribution in [0.4, 0.5) is 0 Å². The molecule has 226 valence electrons. The maximum absolute atomic E-state index is 10.1. The first-order valence-electron chi connectivity index (χ1n) is 11.9. The van der Waals surface area contributed by atoms with Gasteiger partial charge in [-0.3, -0.25) is 14.4 Å². The highest BCUT2D eigenvalue weighted by atomic mass is 16.4. The molecular weight excluding hydrogens is 514 g/mol. The van der Waals surface area contributed by atoms with Crippen LogP contribution in [0.1, 0.15) is 73.1 Å². The number of aliphatic hydroxyl groups excluding tert-OH is 4. The van der Waals surface area contributed by atoms with Gasteiger partial charge >= 0.3 is 29.8 Å². The molecule has 1 aliphatic rings. The number of hydrogen-bond acceptors (Lipinski definition) is 10. The van der Waals surface area contributed by atoms with Gasteiger partial charge in [0.25, 0.3) is 0 Å². The van der Waals surface area contributed by atoms with Crippen LogP contribution in [0, 0.1) is 5.92 Å². The van der Waals surface area contributed by atoms with E-state index in [9.17, 15) is 24.0 Å². The Hall–Kier alpha value is -2.85. The Balaban J connectivity index is -0.000000190. The third-order valence-corrected chi connectivity index (χ3v) is 4.03. The lowest BCUT2D eigenvalue weighted by Crippen LogP contribution is -2.29. The Morgan fingerprint density at radius 1 is 0.763 bits per heavy atom. The number of aliphatic carboxylic acids is 5. The minimum atomic E-state index is -1.21. The van der Waals surface area contributed by atoms with Crippen molar-refractivity contribution >= 4 is 29.8 Å². The molecule has 10 N–H and O–H groups in total. The van der Waals surface area contributed by atoms with Crippen molar-refractivity contribution < 1.29 is 69.9 Å². The minimum Gasteiger partial charge on any atom is -0.481 e. The van der Waals surface area contributed by atoms with Crippen LogP contribution in [0.2, 0.25) is 0 Å². The molecule has 0 aromatic carbocycles. The van der Waals surface area contributed by atoms with Gasteiger partial charge in [0, 0.05) is 0 Å². The SMILES string of the molecule is CC(C)C(O)C(=O)O.CC(O)CC(=O)O.CC(O)CC(=O)O.CCCC(O)C(=O)O.O=C(O)[C@@H]1CCCN1. The zero-order valence-electron chi connectivity index (χ0n) is 22.5. The highest BCUT2D eigenvalue weighted by Gasteiger charge is 2.20. The van der Waals surface area contributed by atoms with E-state index in [4.69, 9.17) is 46.0 Å². The van der Waals surface area contributed by atoms with E-state index in [0.717, 1.165) is 19.4 Å². The predicted octanol–water partition coefficient (Wildman–Crippen LogP) is -0.173. The van der Waals surface area contributed by atoms with Gasteiger partial charge in [0.2, 0.25) is 0 Å². The summed E-state index contributed by atoms with van der Waals surface area (Å²) in [4.78, 5) is 49.2. The Morgan fingerprint density at radius 2 is 1.18 bits per heavy atom. The summed E-state index contributed by atoms with van der Waals surface area (Å²) in [7, 11) is 0. The van der Waals surface area contributed by atoms with Crippen molar-refractivity contribution in [2.24, 2.45) is 5.92 Å². The summed E-state index contributed by atoms with van der Waals surface area (Å²) in [6, 6.07) is -0.269. The van der Waals surface area contributed by atoms with Gasteiger partial charge in [-0.2, -0.15) is 0 Å². The van der Waals surface area contributed by atoms with Crippen LogP contribution in [-0.2, 0) is 24.0 Å². The first-order chi connectivity index (χ1) is 17.3. The van der Waals surface area contributed by atoms with Gasteiger partial charge in [-0.25, -0.2) is 9.59 Å². The van der Waals surface area contributed by atoms with E-state index in [1.54, 1.807) is 13.8 Å². The fourth-order valence-electron chi connectivity index (χ4n) is 2.08. The number of carboxylic acid groups (broad SMARTS) is 5. The van der Waals surface area contributed by atoms with Crippen molar-refractivity contribution in [2.75, 3.05) is 6.54 Å². The summed E-state index contributed by atoms with van der Waals surface area (Å²) in [6.45, 7) is 8.86. The van der Waals surface area contributed by atoms with E-state index in [-0.39, 0.29) is 24.8 Å². The van der Waals surface area contributed by atoms with E-state index in [1.165, 1.54) is 13.8 Å². The number of hydrogen-bond donors (Lipinski definition) is 10. The first-order valence-corrected chi connectivity index (χ1v) is 11.9. The van der Waals surface area contributed by atoms with E-state index in [1.807, 2.05) is 6.92 Å². The molecule has 5 atom stereocenters. The van der Waals surface area contributed by atoms with Crippen molar-refractivity contribution in [3.63, 3.8) is 0 Å². The molecule has 15 heteroatoms. The number of rotatable bonds is 10. The average molecular weight is 560 g/mol. The smallest absolute Gasteiger partial charge is 0.332 e. The number of nitrogens with one attached hydrogen (secondary N) is 1. The van der Waals surface area contributed by atoms with Crippen LogP contribution in [0.3, 0.4) is 0 Å². The third kappa shape index (κ3) is 35.3. The van der Waals surface area contributed by atoms with Gasteiger partial charge < -0.3 is 51.3 Å². The Labute approximate surface area is 221 Å². The second kappa shape index (κ2) is 25.8. The topological polar surface area (TPSA) is 279 Å². The summed E-state index contributed by atoms with van der Waals surface area (Å²) in [5.41, 5.74) is 0. The monoisotopic (exact) mass is 559 g/mol. The van der Waals surface area contributed by atoms with Gasteiger partial charge in [0.05, 0.1) is 25.0 Å². The molecule has 1 rings (SSSR count). The van der Waals surface area contributed by atoms with Crippen LogP contribution >= 0.6 is 0 Å². The lowest BCUT2D eigenvalue weighted by atomic mass is 10.1. The second-order valence-electron chi connectivity index (χ2n) is 8.55. The van der Waals surface area contributed by atoms with E-state index in [0.29, 0.717) is 12.8 Å². The maximum atomic E-state index is 10.1. The number of aliphatic hydroxyl groups is 4. The molecule has 1 aliphatic heterocycles. The molecule has 1 fully saturated rings. The van der Waals surface area contributed by atoms with E-state index >= 15 is 0 Å². The number of carbonyl (C=O) groups is 5. The summed E-state index contributed by atoms with van der Waals surface area (Å²) < 4.78 is 0. The van der Waals surface area contributed by atoms with Crippen LogP contribution in [0.15, 0.2) is 0 Å². The molecule has 0 spiro atoms. The van der Waals surface area contributed by atoms with Gasteiger partial charge in [0.1, 0.15) is 6.04 Å². The highest BCUT2D eigenvalue weighted by molar-refractivity contribution is 5.73. The van der Waals surface area contributed by atoms with E-state index < -0.39 is 54.3 Å². The Morgan fingerprint density at radius 3 is 1.26 bits per heavy atom. The summed E-state index contributed by atoms with van der Waals surface area (Å²) >= 11 is 0. The van der Waals surface area contributed by atoms with Gasteiger partial charge in [-0.1, -0.05) is 27.2 Å². The van der Waals surface area contributed by atoms with Crippen LogP contribution in [0.5, 0.6) is 0 Å². The van der Waals surface area contributed by atoms with E-state index in [2.05, 4.69) is 5.32 Å². The van der Waals surface area contributed by atoms with Crippen molar-refractivity contribution in [1.82, 2.24) is 5.32 Å². The molecule has 0 bridgehead atoms. The lowest BCUT2D eigenvalue weighted by molar-refractivity contribution is -0.149. The minimum absolute atomic E-state index is 0.167. The molecule has 38 heavy (non-hydrogen) atoms. The van der Waals surface area contributed by atoms with Gasteiger partial charge in [-0.15, -0.1) is 0 Å². The standard InChI is InChI=1S/C5H9NO2.2C5H10O3.2C4H8O3/c7-5(8)4-2-1-3-6-4;1-3(2)4(6)5(7)8;1-2-3-4(6)5(7)8;2*1-3(5)2-4(6)7/h4,6H,1-3H2,(H,7,8);3-4,6H,1-2H3,(H,7,8);4,6H,2-3H2,1H3,(H,7,8);2*3,5H,2H2,1H3,(H,6,7)/t4-;;;;/m0..../s1. The molecule has 4 unspecified atom stereocenters. The molecule has 0 saturated carbocycles. The van der Waals surface area contributed by atoms with Crippen LogP contribution in [-0.4, -0.2) is 113 Å². The second-order valence-corrected chi connectivity index (χ2v) is 8.55. The summed E-state index contributed by atoms with van der Waals surface area (Å²) in [5, 5.41) is 77.0. The molecule has 1 saturated heterocycles. The highest BCUT2D eigenvalue weighted by Crippen LogP contribution is 2.03. The van der Waals surface area contributed by atoms with Crippen LogP contribution < -0.4 is 5.32 Å². The Kier molecular flexibility index (Phi) is 28.7. The van der Waals surface area contributed by atoms with Crippen molar-refractivity contribution in [3.8, 4) is 0 Å². The fourth-order valence-corrected chi connectivity index (χ4v) is 2.08. The quantitative estimate of drug-likeness (QED) is 0.166. The zero-order valence-corrected chi connectivity index (χ0v) is 22.5. The predicted molar refractivity (Wildman–Crippen MR) is 134 cm³/mol. The fraction of sp³-hybridized carbons (Fsp3) is 0.783. The van der Waals surface area contributed by atoms with Crippen molar-refractivity contribution in [2.45, 2.75) is 104 Å². The first kappa shape index (κ1) is 42.2. The molecule has 0 aromatic heterocycles. The molecule has 0 radical (unpaired) electrons. The normalized spacial score (nSPS) is 16.6. The van der Waals surface area contributed by atoms with Crippen LogP contribution in [0.25, 0.3) is 0 Å². The summed E-state index contributed by atoms with van der Waals surface area (Å²) in [5.74, 6) is -5.13. The molecule has 15 nitrogen and oxygen atoms in total. The van der Waals surface area contributed by atoms with Gasteiger partial charge in [0.15, 0.2) is 12.2 Å². The van der Waals surface area contributed by atoms with Crippen molar-refractivity contribution in [3.05, 3.63) is 0 Å². The van der Waals surface area contributed by atoms with Gasteiger partial charge in [-0.05, 0) is 45.6 Å². The molecule has 0 aromatic rings. The largest absolute Gasteiger partial charge is 0.481 e. The Bertz CT molecular complexity index is 629. The lowest BCUT2D eigenvalue weighted by Gasteiger charge is -2.06. The maximum Gasteiger partial charge on any atom is 0.332 e.